The van der Waals surface area contributed by atoms with E-state index in [9.17, 15) is 4.79 Å². The number of Topliss-reactive ketones (excluding diaryl/α,β-unsaturated/α-hetero) is 1. The van der Waals surface area contributed by atoms with E-state index in [4.69, 9.17) is 0 Å². The van der Waals surface area contributed by atoms with Crippen LogP contribution in [0, 0.1) is 6.92 Å². The molecule has 2 rings (SSSR count). The lowest BCUT2D eigenvalue weighted by Gasteiger charge is -2.01. The van der Waals surface area contributed by atoms with Crippen LogP contribution in [0.2, 0.25) is 0 Å². The number of aryl methyl sites for hydroxylation is 1. The molecular formula is C13H11BrOS. The number of halogens is 1. The molecule has 0 amide bonds. The van der Waals surface area contributed by atoms with Crippen LogP contribution in [0.3, 0.4) is 0 Å². The average Bonchev–Trinajstić information content (AvgIpc) is 2.64. The Balaban J connectivity index is 2.17. The Labute approximate surface area is 107 Å². The summed E-state index contributed by atoms with van der Waals surface area (Å²) in [5, 5.41) is 1.92. The lowest BCUT2D eigenvalue weighted by Crippen LogP contribution is -2.01. The van der Waals surface area contributed by atoms with Gasteiger partial charge in [-0.1, -0.05) is 29.8 Å². The van der Waals surface area contributed by atoms with Gasteiger partial charge < -0.3 is 0 Å². The van der Waals surface area contributed by atoms with Crippen molar-refractivity contribution in [3.63, 3.8) is 0 Å². The predicted molar refractivity (Wildman–Crippen MR) is 71.2 cm³/mol. The molecule has 0 aliphatic rings. The van der Waals surface area contributed by atoms with E-state index in [1.54, 1.807) is 0 Å². The maximum Gasteiger partial charge on any atom is 0.178 e. The Morgan fingerprint density at radius 3 is 2.81 bits per heavy atom. The molecule has 0 saturated carbocycles. The van der Waals surface area contributed by atoms with Crippen LogP contribution in [0.5, 0.6) is 0 Å². The molecule has 0 atom stereocenters. The largest absolute Gasteiger partial charge is 0.293 e. The zero-order valence-corrected chi connectivity index (χ0v) is 11.3. The molecule has 2 aromatic rings. The molecule has 0 bridgehead atoms. The zero-order valence-electron chi connectivity index (χ0n) is 8.87. The lowest BCUT2D eigenvalue weighted by atomic mass is 10.1. The number of benzene rings is 1. The normalized spacial score (nSPS) is 10.4. The molecule has 0 aliphatic heterocycles. The van der Waals surface area contributed by atoms with Crippen LogP contribution in [0.4, 0.5) is 0 Å². The second-order valence-corrected chi connectivity index (χ2v) is 5.46. The smallest absolute Gasteiger partial charge is 0.178 e. The fourth-order valence-corrected chi connectivity index (χ4v) is 3.11. The van der Waals surface area contributed by atoms with Gasteiger partial charge in [0.25, 0.3) is 0 Å². The van der Waals surface area contributed by atoms with Gasteiger partial charge in [0.05, 0.1) is 4.88 Å². The van der Waals surface area contributed by atoms with E-state index in [0.29, 0.717) is 6.42 Å². The summed E-state index contributed by atoms with van der Waals surface area (Å²) in [6.45, 7) is 2.04. The Bertz CT molecular complexity index is 516. The van der Waals surface area contributed by atoms with E-state index in [1.807, 2.05) is 36.6 Å². The van der Waals surface area contributed by atoms with Crippen LogP contribution in [0.25, 0.3) is 0 Å². The summed E-state index contributed by atoms with van der Waals surface area (Å²) in [6.07, 6.45) is 0.473. The molecule has 1 aromatic heterocycles. The van der Waals surface area contributed by atoms with Gasteiger partial charge in [-0.3, -0.25) is 4.79 Å². The van der Waals surface area contributed by atoms with E-state index in [-0.39, 0.29) is 5.78 Å². The van der Waals surface area contributed by atoms with E-state index >= 15 is 0 Å². The minimum absolute atomic E-state index is 0.174. The maximum atomic E-state index is 12.0. The number of thiophene rings is 1. The molecule has 0 N–H and O–H groups in total. The average molecular weight is 295 g/mol. The molecule has 0 unspecified atom stereocenters. The highest BCUT2D eigenvalue weighted by atomic mass is 79.9. The van der Waals surface area contributed by atoms with Gasteiger partial charge in [-0.2, -0.15) is 0 Å². The van der Waals surface area contributed by atoms with Gasteiger partial charge in [-0.25, -0.2) is 0 Å². The zero-order chi connectivity index (χ0) is 11.5. The van der Waals surface area contributed by atoms with Gasteiger partial charge in [-0.15, -0.1) is 11.3 Å². The molecule has 0 radical (unpaired) electrons. The van der Waals surface area contributed by atoms with Crippen LogP contribution >= 0.6 is 27.3 Å². The fraction of sp³-hybridized carbons (Fsp3) is 0.154. The van der Waals surface area contributed by atoms with Gasteiger partial charge in [0.1, 0.15) is 0 Å². The third kappa shape index (κ3) is 2.60. The number of hydrogen-bond acceptors (Lipinski definition) is 2. The SMILES string of the molecule is Cc1cccc(CC(=O)c2sccc2Br)c1. The first kappa shape index (κ1) is 11.6. The van der Waals surface area contributed by atoms with Crippen LogP contribution in [0.1, 0.15) is 20.8 Å². The lowest BCUT2D eigenvalue weighted by molar-refractivity contribution is 0.0996. The molecule has 0 aliphatic carbocycles. The highest BCUT2D eigenvalue weighted by Crippen LogP contribution is 2.24. The molecule has 1 heterocycles. The third-order valence-electron chi connectivity index (χ3n) is 2.32. The molecular weight excluding hydrogens is 284 g/mol. The Morgan fingerprint density at radius 2 is 2.19 bits per heavy atom. The number of rotatable bonds is 3. The van der Waals surface area contributed by atoms with Crippen LogP contribution in [-0.4, -0.2) is 5.78 Å². The number of hydrogen-bond donors (Lipinski definition) is 0. The fourth-order valence-electron chi connectivity index (χ4n) is 1.58. The maximum absolute atomic E-state index is 12.0. The molecule has 16 heavy (non-hydrogen) atoms. The van der Waals surface area contributed by atoms with Gasteiger partial charge in [0.15, 0.2) is 5.78 Å². The van der Waals surface area contributed by atoms with Gasteiger partial charge in [0.2, 0.25) is 0 Å². The number of ketones is 1. The molecule has 0 fully saturated rings. The van der Waals surface area contributed by atoms with Crippen molar-refractivity contribution >= 4 is 33.0 Å². The summed E-state index contributed by atoms with van der Waals surface area (Å²) in [5.74, 6) is 0.174. The number of carbonyl (C=O) groups is 1. The topological polar surface area (TPSA) is 17.1 Å². The third-order valence-corrected chi connectivity index (χ3v) is 4.20. The van der Waals surface area contributed by atoms with Crippen molar-refractivity contribution in [2.75, 3.05) is 0 Å². The summed E-state index contributed by atoms with van der Waals surface area (Å²) in [5.41, 5.74) is 2.26. The van der Waals surface area contributed by atoms with Crippen molar-refractivity contribution in [2.45, 2.75) is 13.3 Å². The van der Waals surface area contributed by atoms with Crippen molar-refractivity contribution in [1.82, 2.24) is 0 Å². The first-order valence-corrected chi connectivity index (χ1v) is 6.66. The van der Waals surface area contributed by atoms with Gasteiger partial charge in [-0.05, 0) is 39.9 Å². The van der Waals surface area contributed by atoms with Crippen molar-refractivity contribution in [2.24, 2.45) is 0 Å². The quantitative estimate of drug-likeness (QED) is 0.774. The summed E-state index contributed by atoms with van der Waals surface area (Å²) < 4.78 is 0.898. The van der Waals surface area contributed by atoms with Crippen molar-refractivity contribution in [3.05, 3.63) is 56.2 Å². The minimum Gasteiger partial charge on any atom is -0.293 e. The molecule has 0 spiro atoms. The van der Waals surface area contributed by atoms with Gasteiger partial charge >= 0.3 is 0 Å². The predicted octanol–water partition coefficient (Wildman–Crippen LogP) is 4.24. The first-order valence-electron chi connectivity index (χ1n) is 4.98. The second-order valence-electron chi connectivity index (χ2n) is 3.69. The summed E-state index contributed by atoms with van der Waals surface area (Å²) in [7, 11) is 0. The first-order chi connectivity index (χ1) is 7.66. The van der Waals surface area contributed by atoms with Crippen LogP contribution in [0.15, 0.2) is 40.2 Å². The molecule has 1 aromatic carbocycles. The minimum atomic E-state index is 0.174. The van der Waals surface area contributed by atoms with Crippen molar-refractivity contribution in [1.29, 1.82) is 0 Å². The molecule has 3 heteroatoms. The van der Waals surface area contributed by atoms with Gasteiger partial charge in [0, 0.05) is 10.9 Å². The summed E-state index contributed by atoms with van der Waals surface area (Å²) >= 11 is 4.87. The van der Waals surface area contributed by atoms with Crippen LogP contribution in [-0.2, 0) is 6.42 Å². The standard InChI is InChI=1S/C13H11BrOS/c1-9-3-2-4-10(7-9)8-12(15)13-11(14)5-6-16-13/h2-7H,8H2,1H3. The number of carbonyl (C=O) groups excluding carboxylic acids is 1. The highest BCUT2D eigenvalue weighted by molar-refractivity contribution is 9.10. The van der Waals surface area contributed by atoms with E-state index in [0.717, 1.165) is 14.9 Å². The Kier molecular flexibility index (Phi) is 3.56. The highest BCUT2D eigenvalue weighted by Gasteiger charge is 2.11. The van der Waals surface area contributed by atoms with Crippen molar-refractivity contribution < 1.29 is 4.79 Å². The molecule has 82 valence electrons. The van der Waals surface area contributed by atoms with E-state index in [2.05, 4.69) is 22.0 Å². The van der Waals surface area contributed by atoms with E-state index < -0.39 is 0 Å². The van der Waals surface area contributed by atoms with E-state index in [1.165, 1.54) is 16.9 Å². The Morgan fingerprint density at radius 1 is 1.38 bits per heavy atom. The monoisotopic (exact) mass is 294 g/mol. The summed E-state index contributed by atoms with van der Waals surface area (Å²) in [6, 6.07) is 9.98. The molecule has 0 saturated heterocycles. The summed E-state index contributed by atoms with van der Waals surface area (Å²) in [4.78, 5) is 12.8. The molecule has 1 nitrogen and oxygen atoms in total. The van der Waals surface area contributed by atoms with Crippen LogP contribution < -0.4 is 0 Å². The van der Waals surface area contributed by atoms with Crippen molar-refractivity contribution in [3.8, 4) is 0 Å². The second kappa shape index (κ2) is 4.93. The Hall–Kier alpha value is -0.930.